The molecule has 0 unspecified atom stereocenters. The number of halogens is 4. The molecule has 0 atom stereocenters. The summed E-state index contributed by atoms with van der Waals surface area (Å²) in [5, 5.41) is 13.2. The van der Waals surface area contributed by atoms with E-state index in [1.807, 2.05) is 0 Å². The minimum atomic E-state index is -4.84. The Morgan fingerprint density at radius 2 is 1.71 bits per heavy atom. The predicted molar refractivity (Wildman–Crippen MR) is 103 cm³/mol. The molecule has 140 valence electrons. The average Bonchev–Trinajstić information content (AvgIpc) is 2.67. The molecule has 28 heavy (non-hydrogen) atoms. The fourth-order valence-corrected chi connectivity index (χ4v) is 2.80. The van der Waals surface area contributed by atoms with Gasteiger partial charge in [-0.05, 0) is 23.8 Å². The smallest absolute Gasteiger partial charge is 0.266 e. The Kier molecular flexibility index (Phi) is 5.47. The van der Waals surface area contributed by atoms with Gasteiger partial charge in [-0.25, -0.2) is 0 Å². The van der Waals surface area contributed by atoms with Gasteiger partial charge in [0.05, 0.1) is 17.5 Å². The van der Waals surface area contributed by atoms with E-state index in [-0.39, 0.29) is 5.69 Å². The Morgan fingerprint density at radius 3 is 2.29 bits per heavy atom. The minimum absolute atomic E-state index is 0.0645. The van der Waals surface area contributed by atoms with Crippen molar-refractivity contribution in [1.29, 1.82) is 5.26 Å². The maximum absolute atomic E-state index is 13.4. The molecule has 0 spiro atoms. The summed E-state index contributed by atoms with van der Waals surface area (Å²) >= 11 is 3.30. The fraction of sp³-hybridized carbons (Fsp3) is 0.0500. The number of alkyl halides is 3. The van der Waals surface area contributed by atoms with Crippen molar-refractivity contribution >= 4 is 22.1 Å². The van der Waals surface area contributed by atoms with Crippen molar-refractivity contribution in [2.24, 2.45) is 5.10 Å². The molecule has 0 bridgehead atoms. The molecule has 3 rings (SSSR count). The van der Waals surface area contributed by atoms with Gasteiger partial charge in [-0.15, -0.1) is 0 Å². The van der Waals surface area contributed by atoms with E-state index >= 15 is 0 Å². The molecule has 2 aromatic carbocycles. The lowest BCUT2D eigenvalue weighted by Crippen LogP contribution is -2.26. The van der Waals surface area contributed by atoms with E-state index in [9.17, 15) is 18.0 Å². The van der Waals surface area contributed by atoms with Crippen LogP contribution in [0.3, 0.4) is 0 Å². The summed E-state index contributed by atoms with van der Waals surface area (Å²) in [5.41, 5.74) is -2.49. The first-order chi connectivity index (χ1) is 13.3. The summed E-state index contributed by atoms with van der Waals surface area (Å²) in [6.07, 6.45) is -3.50. The molecular formula is C20H11BrF3N3O. The second-order valence-corrected chi connectivity index (χ2v) is 6.62. The second-order valence-electron chi connectivity index (χ2n) is 5.71. The molecule has 4 nitrogen and oxygen atoms in total. The maximum atomic E-state index is 13.4. The molecule has 0 aliphatic rings. The lowest BCUT2D eigenvalue weighted by Gasteiger charge is -2.14. The van der Waals surface area contributed by atoms with Gasteiger partial charge in [-0.2, -0.15) is 28.2 Å². The SMILES string of the molecule is N#Cc1c(C(F)(F)F)cc(-c2ccccc2)n(/N=C/c2ccc(Br)cc2)c1=O. The highest BCUT2D eigenvalue weighted by molar-refractivity contribution is 9.10. The Balaban J connectivity index is 2.26. The van der Waals surface area contributed by atoms with Crippen LogP contribution < -0.4 is 5.56 Å². The van der Waals surface area contributed by atoms with Gasteiger partial charge in [0.1, 0.15) is 11.6 Å². The van der Waals surface area contributed by atoms with E-state index in [1.54, 1.807) is 54.6 Å². The summed E-state index contributed by atoms with van der Waals surface area (Å²) in [5.74, 6) is 0. The van der Waals surface area contributed by atoms with Crippen LogP contribution in [0.4, 0.5) is 13.2 Å². The first-order valence-corrected chi connectivity index (χ1v) is 8.73. The van der Waals surface area contributed by atoms with Gasteiger partial charge in [0, 0.05) is 10.0 Å². The lowest BCUT2D eigenvalue weighted by atomic mass is 10.0. The zero-order chi connectivity index (χ0) is 20.3. The minimum Gasteiger partial charge on any atom is -0.266 e. The number of nitrogens with zero attached hydrogens (tertiary/aromatic N) is 3. The lowest BCUT2D eigenvalue weighted by molar-refractivity contribution is -0.137. The average molecular weight is 446 g/mol. The molecule has 1 aromatic heterocycles. The van der Waals surface area contributed by atoms with Crippen LogP contribution in [0.25, 0.3) is 11.3 Å². The van der Waals surface area contributed by atoms with Crippen LogP contribution >= 0.6 is 15.9 Å². The fourth-order valence-electron chi connectivity index (χ4n) is 2.53. The van der Waals surface area contributed by atoms with Crippen molar-refractivity contribution in [3.63, 3.8) is 0 Å². The van der Waals surface area contributed by atoms with Crippen molar-refractivity contribution in [2.45, 2.75) is 6.18 Å². The van der Waals surface area contributed by atoms with Gasteiger partial charge in [0.25, 0.3) is 5.56 Å². The molecule has 0 radical (unpaired) electrons. The molecule has 8 heteroatoms. The molecule has 0 saturated heterocycles. The van der Waals surface area contributed by atoms with Crippen LogP contribution in [-0.4, -0.2) is 10.9 Å². The predicted octanol–water partition coefficient (Wildman–Crippen LogP) is 5.05. The highest BCUT2D eigenvalue weighted by Crippen LogP contribution is 2.33. The Morgan fingerprint density at radius 1 is 1.07 bits per heavy atom. The van der Waals surface area contributed by atoms with Crippen molar-refractivity contribution in [2.75, 3.05) is 0 Å². The van der Waals surface area contributed by atoms with Crippen molar-refractivity contribution in [3.05, 3.63) is 92.2 Å². The van der Waals surface area contributed by atoms with Crippen LogP contribution in [0, 0.1) is 11.3 Å². The standard InChI is InChI=1S/C20H11BrF3N3O/c21-15-8-6-13(7-9-15)12-26-27-18(14-4-2-1-3-5-14)10-17(20(22,23)24)16(11-25)19(27)28/h1-10,12H/b26-12+. The Bertz CT molecular complexity index is 1130. The molecule has 0 saturated carbocycles. The number of pyridine rings is 1. The largest absolute Gasteiger partial charge is 0.417 e. The van der Waals surface area contributed by atoms with E-state index in [4.69, 9.17) is 5.26 Å². The third kappa shape index (κ3) is 4.05. The number of rotatable bonds is 3. The van der Waals surface area contributed by atoms with Gasteiger partial charge >= 0.3 is 6.18 Å². The molecule has 1 heterocycles. The number of aromatic nitrogens is 1. The zero-order valence-corrected chi connectivity index (χ0v) is 15.7. The molecular weight excluding hydrogens is 435 g/mol. The number of benzene rings is 2. The number of nitriles is 1. The first-order valence-electron chi connectivity index (χ1n) is 7.94. The second kappa shape index (κ2) is 7.82. The van der Waals surface area contributed by atoms with Gasteiger partial charge < -0.3 is 0 Å². The van der Waals surface area contributed by atoms with E-state index in [0.29, 0.717) is 11.1 Å². The Labute approximate surface area is 166 Å². The van der Waals surface area contributed by atoms with E-state index in [1.165, 1.54) is 12.3 Å². The quantitative estimate of drug-likeness (QED) is 0.529. The van der Waals surface area contributed by atoms with Gasteiger partial charge in [-0.1, -0.05) is 58.4 Å². The Hall–Kier alpha value is -3.18. The van der Waals surface area contributed by atoms with Crippen molar-refractivity contribution < 1.29 is 13.2 Å². The molecule has 3 aromatic rings. The highest BCUT2D eigenvalue weighted by atomic mass is 79.9. The summed E-state index contributed by atoms with van der Waals surface area (Å²) in [6.45, 7) is 0. The summed E-state index contributed by atoms with van der Waals surface area (Å²) in [4.78, 5) is 12.7. The molecule has 0 N–H and O–H groups in total. The zero-order valence-electron chi connectivity index (χ0n) is 14.1. The van der Waals surface area contributed by atoms with Crippen LogP contribution in [0.1, 0.15) is 16.7 Å². The van der Waals surface area contributed by atoms with Crippen LogP contribution in [-0.2, 0) is 6.18 Å². The summed E-state index contributed by atoms with van der Waals surface area (Å²) < 4.78 is 41.8. The third-order valence-electron chi connectivity index (χ3n) is 3.86. The van der Waals surface area contributed by atoms with E-state index in [2.05, 4.69) is 21.0 Å². The van der Waals surface area contributed by atoms with Crippen molar-refractivity contribution in [3.8, 4) is 17.3 Å². The maximum Gasteiger partial charge on any atom is 0.417 e. The number of hydrogen-bond acceptors (Lipinski definition) is 3. The van der Waals surface area contributed by atoms with Crippen LogP contribution in [0.5, 0.6) is 0 Å². The topological polar surface area (TPSA) is 58.1 Å². The number of hydrogen-bond donors (Lipinski definition) is 0. The monoisotopic (exact) mass is 445 g/mol. The summed E-state index contributed by atoms with van der Waals surface area (Å²) in [7, 11) is 0. The molecule has 0 amide bonds. The highest BCUT2D eigenvalue weighted by Gasteiger charge is 2.36. The summed E-state index contributed by atoms with van der Waals surface area (Å²) in [6, 6.07) is 17.2. The van der Waals surface area contributed by atoms with E-state index in [0.717, 1.165) is 15.2 Å². The molecule has 0 aliphatic carbocycles. The van der Waals surface area contributed by atoms with Crippen LogP contribution in [0.2, 0.25) is 0 Å². The van der Waals surface area contributed by atoms with Crippen LogP contribution in [0.15, 0.2) is 75.0 Å². The first kappa shape index (κ1) is 19.6. The molecule has 0 aliphatic heterocycles. The van der Waals surface area contributed by atoms with Gasteiger partial charge in [-0.3, -0.25) is 4.79 Å². The molecule has 0 fully saturated rings. The van der Waals surface area contributed by atoms with Crippen molar-refractivity contribution in [1.82, 2.24) is 4.68 Å². The normalized spacial score (nSPS) is 11.5. The van der Waals surface area contributed by atoms with Gasteiger partial charge in [0.15, 0.2) is 0 Å². The third-order valence-corrected chi connectivity index (χ3v) is 4.39. The van der Waals surface area contributed by atoms with Gasteiger partial charge in [0.2, 0.25) is 0 Å². The van der Waals surface area contributed by atoms with E-state index < -0.39 is 22.9 Å².